The van der Waals surface area contributed by atoms with Crippen LogP contribution in [-0.4, -0.2) is 52.2 Å². The summed E-state index contributed by atoms with van der Waals surface area (Å²) in [5, 5.41) is 18.5. The van der Waals surface area contributed by atoms with Crippen LogP contribution in [0.4, 0.5) is 0 Å². The van der Waals surface area contributed by atoms with Crippen molar-refractivity contribution >= 4 is 11.9 Å². The Morgan fingerprint density at radius 3 is 2.47 bits per heavy atom. The predicted octanol–water partition coefficient (Wildman–Crippen LogP) is -0.736. The second-order valence-electron chi connectivity index (χ2n) is 4.82. The standard InChI is InChI=1S/C11H20N2O4/c1-6(2)8(4-12)10(15)13-5-7(14)3-9(13)11(16)17/h6-9,14H,3-5,12H2,1-2H3,(H,16,17)/t7?,8?,9-/m0/s1. The third-order valence-corrected chi connectivity index (χ3v) is 3.22. The Balaban J connectivity index is 2.83. The molecule has 1 aliphatic rings. The molecule has 0 aromatic carbocycles. The van der Waals surface area contributed by atoms with Gasteiger partial charge in [-0.05, 0) is 5.92 Å². The zero-order chi connectivity index (χ0) is 13.2. The smallest absolute Gasteiger partial charge is 0.326 e. The molecule has 0 radical (unpaired) electrons. The predicted molar refractivity (Wildman–Crippen MR) is 61.1 cm³/mol. The monoisotopic (exact) mass is 244 g/mol. The van der Waals surface area contributed by atoms with Gasteiger partial charge in [0, 0.05) is 19.5 Å². The number of amides is 1. The van der Waals surface area contributed by atoms with Gasteiger partial charge in [0.05, 0.1) is 12.0 Å². The first-order valence-electron chi connectivity index (χ1n) is 5.79. The first-order chi connectivity index (χ1) is 7.88. The molecule has 6 nitrogen and oxygen atoms in total. The van der Waals surface area contributed by atoms with Crippen molar-refractivity contribution in [3.05, 3.63) is 0 Å². The van der Waals surface area contributed by atoms with Crippen molar-refractivity contribution < 1.29 is 19.8 Å². The Morgan fingerprint density at radius 1 is 1.47 bits per heavy atom. The number of carbonyl (C=O) groups is 2. The molecule has 3 atom stereocenters. The maximum absolute atomic E-state index is 12.1. The van der Waals surface area contributed by atoms with Crippen LogP contribution in [0.5, 0.6) is 0 Å². The average molecular weight is 244 g/mol. The number of carboxylic acid groups (broad SMARTS) is 1. The number of rotatable bonds is 4. The molecule has 4 N–H and O–H groups in total. The highest BCUT2D eigenvalue weighted by molar-refractivity contribution is 5.86. The van der Waals surface area contributed by atoms with Crippen LogP contribution < -0.4 is 5.73 Å². The Hall–Kier alpha value is -1.14. The minimum atomic E-state index is -1.07. The molecule has 6 heteroatoms. The molecule has 0 bridgehead atoms. The van der Waals surface area contributed by atoms with Crippen LogP contribution in [0.3, 0.4) is 0 Å². The number of nitrogens with zero attached hydrogens (tertiary/aromatic N) is 1. The van der Waals surface area contributed by atoms with Crippen LogP contribution in [-0.2, 0) is 9.59 Å². The van der Waals surface area contributed by atoms with E-state index in [9.17, 15) is 14.7 Å². The maximum atomic E-state index is 12.1. The fourth-order valence-electron chi connectivity index (χ4n) is 2.16. The molecule has 1 heterocycles. The van der Waals surface area contributed by atoms with Crippen molar-refractivity contribution in [2.45, 2.75) is 32.4 Å². The van der Waals surface area contributed by atoms with E-state index in [1.54, 1.807) is 0 Å². The Kier molecular flexibility index (Phi) is 4.47. The molecule has 0 saturated carbocycles. The molecule has 0 spiro atoms. The largest absolute Gasteiger partial charge is 0.480 e. The van der Waals surface area contributed by atoms with E-state index in [0.717, 1.165) is 0 Å². The van der Waals surface area contributed by atoms with E-state index in [2.05, 4.69) is 0 Å². The number of aliphatic carboxylic acids is 1. The molecule has 1 aliphatic heterocycles. The summed E-state index contributed by atoms with van der Waals surface area (Å²) in [4.78, 5) is 24.4. The maximum Gasteiger partial charge on any atom is 0.326 e. The van der Waals surface area contributed by atoms with Crippen LogP contribution >= 0.6 is 0 Å². The number of aliphatic hydroxyl groups excluding tert-OH is 1. The topological polar surface area (TPSA) is 104 Å². The first kappa shape index (κ1) is 13.9. The number of aliphatic hydroxyl groups is 1. The van der Waals surface area contributed by atoms with Gasteiger partial charge in [-0.1, -0.05) is 13.8 Å². The number of nitrogens with two attached hydrogens (primary N) is 1. The number of hydrogen-bond acceptors (Lipinski definition) is 4. The van der Waals surface area contributed by atoms with Crippen molar-refractivity contribution in [2.24, 2.45) is 17.6 Å². The SMILES string of the molecule is CC(C)C(CN)C(=O)N1CC(O)C[C@H]1C(=O)O. The van der Waals surface area contributed by atoms with Crippen LogP contribution in [0.15, 0.2) is 0 Å². The quantitative estimate of drug-likeness (QED) is 0.604. The highest BCUT2D eigenvalue weighted by atomic mass is 16.4. The van der Waals surface area contributed by atoms with Crippen molar-refractivity contribution in [3.8, 4) is 0 Å². The highest BCUT2D eigenvalue weighted by Crippen LogP contribution is 2.23. The Bertz CT molecular complexity index is 306. The van der Waals surface area contributed by atoms with Crippen LogP contribution in [0.1, 0.15) is 20.3 Å². The number of likely N-dealkylation sites (tertiary alicyclic amines) is 1. The van der Waals surface area contributed by atoms with E-state index < -0.39 is 18.1 Å². The van der Waals surface area contributed by atoms with Gasteiger partial charge < -0.3 is 20.8 Å². The fourth-order valence-corrected chi connectivity index (χ4v) is 2.16. The Morgan fingerprint density at radius 2 is 2.06 bits per heavy atom. The molecular weight excluding hydrogens is 224 g/mol. The van der Waals surface area contributed by atoms with E-state index >= 15 is 0 Å². The lowest BCUT2D eigenvalue weighted by molar-refractivity contribution is -0.150. The number of hydrogen-bond donors (Lipinski definition) is 3. The van der Waals surface area contributed by atoms with Crippen LogP contribution in [0.25, 0.3) is 0 Å². The molecule has 17 heavy (non-hydrogen) atoms. The second-order valence-corrected chi connectivity index (χ2v) is 4.82. The second kappa shape index (κ2) is 5.46. The fraction of sp³-hybridized carbons (Fsp3) is 0.818. The van der Waals surface area contributed by atoms with Gasteiger partial charge in [-0.15, -0.1) is 0 Å². The van der Waals surface area contributed by atoms with Gasteiger partial charge in [0.2, 0.25) is 5.91 Å². The molecule has 1 rings (SSSR count). The van der Waals surface area contributed by atoms with Gasteiger partial charge in [-0.2, -0.15) is 0 Å². The minimum Gasteiger partial charge on any atom is -0.480 e. The van der Waals surface area contributed by atoms with Crippen molar-refractivity contribution in [3.63, 3.8) is 0 Å². The summed E-state index contributed by atoms with van der Waals surface area (Å²) < 4.78 is 0. The molecule has 98 valence electrons. The first-order valence-corrected chi connectivity index (χ1v) is 5.79. The minimum absolute atomic E-state index is 0.0553. The number of carbonyl (C=O) groups excluding carboxylic acids is 1. The molecule has 1 fully saturated rings. The summed E-state index contributed by atoms with van der Waals surface area (Å²) in [5.74, 6) is -1.68. The number of carboxylic acids is 1. The van der Waals surface area contributed by atoms with E-state index in [1.807, 2.05) is 13.8 Å². The summed E-state index contributed by atoms with van der Waals surface area (Å²) in [6, 6.07) is -0.926. The van der Waals surface area contributed by atoms with Gasteiger partial charge in [0.1, 0.15) is 6.04 Å². The van der Waals surface area contributed by atoms with Crippen molar-refractivity contribution in [1.29, 1.82) is 0 Å². The van der Waals surface area contributed by atoms with Gasteiger partial charge in [0.15, 0.2) is 0 Å². The van der Waals surface area contributed by atoms with E-state index in [1.165, 1.54) is 4.90 Å². The average Bonchev–Trinajstić information content (AvgIpc) is 2.60. The van der Waals surface area contributed by atoms with Crippen molar-refractivity contribution in [1.82, 2.24) is 4.90 Å². The summed E-state index contributed by atoms with van der Waals surface area (Å²) in [5.41, 5.74) is 5.54. The molecule has 2 unspecified atom stereocenters. The molecule has 0 aliphatic carbocycles. The van der Waals surface area contributed by atoms with Crippen LogP contribution in [0, 0.1) is 11.8 Å². The number of β-amino-alcohol motifs (C(OH)–C–C–N with tert-alkyl or cyclic N) is 1. The van der Waals surface area contributed by atoms with Gasteiger partial charge in [-0.3, -0.25) is 4.79 Å². The van der Waals surface area contributed by atoms with Gasteiger partial charge in [-0.25, -0.2) is 4.79 Å². The molecule has 1 amide bonds. The summed E-state index contributed by atoms with van der Waals surface area (Å²) >= 11 is 0. The van der Waals surface area contributed by atoms with Crippen LogP contribution in [0.2, 0.25) is 0 Å². The lowest BCUT2D eigenvalue weighted by Gasteiger charge is -2.27. The summed E-state index contributed by atoms with van der Waals surface area (Å²) in [7, 11) is 0. The molecular formula is C11H20N2O4. The molecule has 1 saturated heterocycles. The normalized spacial score (nSPS) is 26.3. The molecule has 0 aromatic rings. The lowest BCUT2D eigenvalue weighted by Crippen LogP contribution is -2.46. The zero-order valence-corrected chi connectivity index (χ0v) is 10.2. The third kappa shape index (κ3) is 2.95. The van der Waals surface area contributed by atoms with E-state index in [-0.39, 0.29) is 37.3 Å². The van der Waals surface area contributed by atoms with E-state index in [0.29, 0.717) is 0 Å². The lowest BCUT2D eigenvalue weighted by atomic mass is 9.94. The van der Waals surface area contributed by atoms with Crippen molar-refractivity contribution in [2.75, 3.05) is 13.1 Å². The van der Waals surface area contributed by atoms with Gasteiger partial charge >= 0.3 is 5.97 Å². The summed E-state index contributed by atoms with van der Waals surface area (Å²) in [6.07, 6.45) is -0.665. The molecule has 0 aromatic heterocycles. The summed E-state index contributed by atoms with van der Waals surface area (Å²) in [6.45, 7) is 4.02. The van der Waals surface area contributed by atoms with E-state index in [4.69, 9.17) is 10.8 Å². The van der Waals surface area contributed by atoms with Gasteiger partial charge in [0.25, 0.3) is 0 Å². The highest BCUT2D eigenvalue weighted by Gasteiger charge is 2.41. The third-order valence-electron chi connectivity index (χ3n) is 3.22. The Labute approximate surface area is 100 Å². The zero-order valence-electron chi connectivity index (χ0n) is 10.2.